The van der Waals surface area contributed by atoms with Gasteiger partial charge in [0.2, 0.25) is 10.0 Å². The van der Waals surface area contributed by atoms with E-state index >= 15 is 0 Å². The van der Waals surface area contributed by atoms with Crippen molar-refractivity contribution in [3.05, 3.63) is 29.8 Å². The largest absolute Gasteiger partial charge is 0.347 e. The predicted molar refractivity (Wildman–Crippen MR) is 78.2 cm³/mol. The van der Waals surface area contributed by atoms with Crippen molar-refractivity contribution in [3.63, 3.8) is 0 Å². The van der Waals surface area contributed by atoms with Crippen LogP contribution in [0.25, 0.3) is 0 Å². The van der Waals surface area contributed by atoms with Gasteiger partial charge in [0.25, 0.3) is 0 Å². The van der Waals surface area contributed by atoms with Gasteiger partial charge in [-0.15, -0.1) is 0 Å². The van der Waals surface area contributed by atoms with Crippen LogP contribution in [0.15, 0.2) is 23.1 Å². The summed E-state index contributed by atoms with van der Waals surface area (Å²) in [6.07, 6.45) is 4.35. The zero-order valence-corrected chi connectivity index (χ0v) is 13.4. The molecule has 128 valence electrons. The highest BCUT2D eigenvalue weighted by Gasteiger charge is 2.42. The maximum absolute atomic E-state index is 13.6. The first kappa shape index (κ1) is 16.8. The summed E-state index contributed by atoms with van der Waals surface area (Å²) < 4.78 is 64.8. The molecule has 2 fully saturated rings. The third-order valence-electron chi connectivity index (χ3n) is 4.21. The van der Waals surface area contributed by atoms with E-state index in [9.17, 15) is 17.2 Å². The van der Waals surface area contributed by atoms with Crippen LogP contribution in [0.1, 0.15) is 32.1 Å². The summed E-state index contributed by atoms with van der Waals surface area (Å²) in [4.78, 5) is -0.705. The molecular weight excluding hydrogens is 328 g/mol. The summed E-state index contributed by atoms with van der Waals surface area (Å²) in [6, 6.07) is 2.32. The van der Waals surface area contributed by atoms with E-state index in [0.29, 0.717) is 6.07 Å². The zero-order valence-electron chi connectivity index (χ0n) is 12.6. The van der Waals surface area contributed by atoms with Gasteiger partial charge in [-0.25, -0.2) is 21.9 Å². The summed E-state index contributed by atoms with van der Waals surface area (Å²) in [5, 5.41) is 0. The standard InChI is InChI=1S/C15H19F2NO4S/c16-11-4-5-13(17)14(8-11)23(19,20)18-9-12-10-21-15(22-12)6-2-1-3-7-15/h4-5,8,12,18H,1-3,6-7,9-10H2. The van der Waals surface area contributed by atoms with E-state index in [0.717, 1.165) is 44.2 Å². The molecule has 1 aromatic carbocycles. The van der Waals surface area contributed by atoms with E-state index in [1.165, 1.54) is 0 Å². The van der Waals surface area contributed by atoms with E-state index in [1.807, 2.05) is 0 Å². The van der Waals surface area contributed by atoms with Crippen molar-refractivity contribution in [2.75, 3.05) is 13.2 Å². The van der Waals surface area contributed by atoms with Gasteiger partial charge in [0.05, 0.1) is 12.7 Å². The first-order valence-corrected chi connectivity index (χ1v) is 9.15. The Balaban J connectivity index is 1.63. The molecule has 1 N–H and O–H groups in total. The van der Waals surface area contributed by atoms with Gasteiger partial charge in [0.1, 0.15) is 16.5 Å². The molecule has 1 heterocycles. The zero-order chi connectivity index (χ0) is 16.5. The fraction of sp³-hybridized carbons (Fsp3) is 0.600. The lowest BCUT2D eigenvalue weighted by molar-refractivity contribution is -0.186. The number of sulfonamides is 1. The molecular formula is C15H19F2NO4S. The Morgan fingerprint density at radius 1 is 1.22 bits per heavy atom. The average Bonchev–Trinajstić information content (AvgIpc) is 2.91. The van der Waals surface area contributed by atoms with E-state index in [4.69, 9.17) is 9.47 Å². The minimum atomic E-state index is -4.14. The summed E-state index contributed by atoms with van der Waals surface area (Å²) in [5.74, 6) is -2.40. The monoisotopic (exact) mass is 347 g/mol. The van der Waals surface area contributed by atoms with Gasteiger partial charge < -0.3 is 9.47 Å². The van der Waals surface area contributed by atoms with Gasteiger partial charge in [-0.05, 0) is 31.0 Å². The van der Waals surface area contributed by atoms with Crippen LogP contribution < -0.4 is 4.72 Å². The SMILES string of the molecule is O=S(=O)(NCC1COC2(CCCCC2)O1)c1cc(F)ccc1F. The van der Waals surface area contributed by atoms with Gasteiger partial charge in [-0.1, -0.05) is 6.42 Å². The maximum Gasteiger partial charge on any atom is 0.243 e. The lowest BCUT2D eigenvalue weighted by Crippen LogP contribution is -2.37. The van der Waals surface area contributed by atoms with Crippen LogP contribution in [0.3, 0.4) is 0 Å². The molecule has 0 bridgehead atoms. The normalized spacial score (nSPS) is 24.2. The van der Waals surface area contributed by atoms with Crippen LogP contribution >= 0.6 is 0 Å². The number of hydrogen-bond donors (Lipinski definition) is 1. The fourth-order valence-electron chi connectivity index (χ4n) is 3.03. The van der Waals surface area contributed by atoms with Gasteiger partial charge >= 0.3 is 0 Å². The smallest absolute Gasteiger partial charge is 0.243 e. The summed E-state index contributed by atoms with van der Waals surface area (Å²) in [5.41, 5.74) is 0. The van der Waals surface area contributed by atoms with Crippen molar-refractivity contribution >= 4 is 10.0 Å². The van der Waals surface area contributed by atoms with Crippen molar-refractivity contribution in [2.45, 2.75) is 48.9 Å². The Kier molecular flexibility index (Phi) is 4.68. The third kappa shape index (κ3) is 3.71. The Morgan fingerprint density at radius 3 is 2.70 bits per heavy atom. The van der Waals surface area contributed by atoms with Crippen LogP contribution in [0.2, 0.25) is 0 Å². The Morgan fingerprint density at radius 2 is 1.96 bits per heavy atom. The first-order valence-electron chi connectivity index (χ1n) is 7.67. The van der Waals surface area contributed by atoms with E-state index < -0.39 is 38.4 Å². The minimum Gasteiger partial charge on any atom is -0.347 e. The topological polar surface area (TPSA) is 64.6 Å². The van der Waals surface area contributed by atoms with Gasteiger partial charge in [0, 0.05) is 19.4 Å². The Bertz CT molecular complexity index is 674. The molecule has 0 radical (unpaired) electrons. The second-order valence-electron chi connectivity index (χ2n) is 5.95. The van der Waals surface area contributed by atoms with Crippen LogP contribution in [0.5, 0.6) is 0 Å². The highest BCUT2D eigenvalue weighted by Crippen LogP contribution is 2.37. The van der Waals surface area contributed by atoms with Crippen LogP contribution in [-0.4, -0.2) is 33.5 Å². The van der Waals surface area contributed by atoms with Crippen molar-refractivity contribution < 1.29 is 26.7 Å². The van der Waals surface area contributed by atoms with Crippen molar-refractivity contribution in [3.8, 4) is 0 Å². The number of benzene rings is 1. The van der Waals surface area contributed by atoms with Crippen molar-refractivity contribution in [2.24, 2.45) is 0 Å². The number of hydrogen-bond acceptors (Lipinski definition) is 4. The molecule has 1 saturated carbocycles. The molecule has 8 heteroatoms. The lowest BCUT2D eigenvalue weighted by Gasteiger charge is -2.31. The average molecular weight is 347 g/mol. The van der Waals surface area contributed by atoms with Gasteiger partial charge in [-0.3, -0.25) is 0 Å². The fourth-order valence-corrected chi connectivity index (χ4v) is 4.19. The molecule has 5 nitrogen and oxygen atoms in total. The number of halogens is 2. The predicted octanol–water partition coefficient (Wildman–Crippen LogP) is 2.32. The van der Waals surface area contributed by atoms with Crippen LogP contribution in [0, 0.1) is 11.6 Å². The molecule has 1 spiro atoms. The van der Waals surface area contributed by atoms with Crippen molar-refractivity contribution in [1.29, 1.82) is 0 Å². The molecule has 1 aliphatic carbocycles. The van der Waals surface area contributed by atoms with E-state index in [-0.39, 0.29) is 13.2 Å². The molecule has 0 aromatic heterocycles. The quantitative estimate of drug-likeness (QED) is 0.908. The van der Waals surface area contributed by atoms with Crippen LogP contribution in [-0.2, 0) is 19.5 Å². The lowest BCUT2D eigenvalue weighted by atomic mass is 9.94. The molecule has 23 heavy (non-hydrogen) atoms. The van der Waals surface area contributed by atoms with Crippen LogP contribution in [0.4, 0.5) is 8.78 Å². The molecule has 1 aliphatic heterocycles. The third-order valence-corrected chi connectivity index (χ3v) is 5.65. The summed E-state index contributed by atoms with van der Waals surface area (Å²) >= 11 is 0. The Labute approximate surface area is 134 Å². The number of rotatable bonds is 4. The Hall–Kier alpha value is -1.09. The van der Waals surface area contributed by atoms with Gasteiger partial charge in [0.15, 0.2) is 5.79 Å². The maximum atomic E-state index is 13.6. The first-order chi connectivity index (χ1) is 10.9. The molecule has 2 aliphatic rings. The minimum absolute atomic E-state index is 0.0416. The van der Waals surface area contributed by atoms with E-state index in [2.05, 4.69) is 4.72 Å². The molecule has 0 amide bonds. The van der Waals surface area contributed by atoms with E-state index in [1.54, 1.807) is 0 Å². The summed E-state index contributed by atoms with van der Waals surface area (Å²) in [6.45, 7) is 0.244. The molecule has 3 rings (SSSR count). The highest BCUT2D eigenvalue weighted by molar-refractivity contribution is 7.89. The van der Waals surface area contributed by atoms with Crippen molar-refractivity contribution in [1.82, 2.24) is 4.72 Å². The highest BCUT2D eigenvalue weighted by atomic mass is 32.2. The number of nitrogens with one attached hydrogen (secondary N) is 1. The molecule has 1 saturated heterocycles. The second-order valence-corrected chi connectivity index (χ2v) is 7.68. The molecule has 1 unspecified atom stereocenters. The van der Waals surface area contributed by atoms with Gasteiger partial charge in [-0.2, -0.15) is 0 Å². The molecule has 1 aromatic rings. The number of ether oxygens (including phenoxy) is 2. The summed E-state index contributed by atoms with van der Waals surface area (Å²) in [7, 11) is -4.14. The second kappa shape index (κ2) is 6.43. The molecule has 1 atom stereocenters.